The highest BCUT2D eigenvalue weighted by Gasteiger charge is 2.39. The van der Waals surface area contributed by atoms with Crippen molar-refractivity contribution >= 4 is 0 Å². The Balaban J connectivity index is 2.86. The molecule has 0 amide bonds. The summed E-state index contributed by atoms with van der Waals surface area (Å²) in [6, 6.07) is 0. The van der Waals surface area contributed by atoms with Crippen molar-refractivity contribution in [3.8, 4) is 0 Å². The first kappa shape index (κ1) is 15.9. The van der Waals surface area contributed by atoms with E-state index in [4.69, 9.17) is 0 Å². The second kappa shape index (κ2) is 7.46. The third kappa shape index (κ3) is 3.25. The third-order valence-electron chi connectivity index (χ3n) is 4.46. The van der Waals surface area contributed by atoms with Gasteiger partial charge in [-0.1, -0.05) is 40.0 Å². The third-order valence-corrected chi connectivity index (χ3v) is 4.46. The maximum atomic E-state index is 2.58. The highest BCUT2D eigenvalue weighted by molar-refractivity contribution is 4.86. The molecule has 0 saturated carbocycles. The molecule has 0 spiro atoms. The zero-order valence-corrected chi connectivity index (χ0v) is 13.3. The summed E-state index contributed by atoms with van der Waals surface area (Å²) in [4.78, 5) is 7.75. The van der Waals surface area contributed by atoms with E-state index in [9.17, 15) is 0 Å². The lowest BCUT2D eigenvalue weighted by atomic mass is 10.1. The molecule has 0 aromatic carbocycles. The average Bonchev–Trinajstić information content (AvgIpc) is 2.35. The summed E-state index contributed by atoms with van der Waals surface area (Å²) >= 11 is 0. The Morgan fingerprint density at radius 3 is 0.944 bits per heavy atom. The number of hydrogen-bond donors (Lipinski definition) is 0. The lowest BCUT2D eigenvalue weighted by molar-refractivity contribution is -0.150. The lowest BCUT2D eigenvalue weighted by Crippen LogP contribution is -2.67. The van der Waals surface area contributed by atoms with Gasteiger partial charge in [0.2, 0.25) is 0 Å². The van der Waals surface area contributed by atoms with Gasteiger partial charge < -0.3 is 0 Å². The Bertz CT molecular complexity index is 182. The topological polar surface area (TPSA) is 9.72 Å². The van der Waals surface area contributed by atoms with E-state index in [1.54, 1.807) is 0 Å². The first-order valence-corrected chi connectivity index (χ1v) is 7.74. The van der Waals surface area contributed by atoms with Crippen molar-refractivity contribution in [2.45, 2.75) is 77.8 Å². The summed E-state index contributed by atoms with van der Waals surface area (Å²) in [7, 11) is 6.90. The van der Waals surface area contributed by atoms with Gasteiger partial charge in [0.05, 0.1) is 18.5 Å². The van der Waals surface area contributed by atoms with Crippen LogP contribution in [0.25, 0.3) is 0 Å². The largest absolute Gasteiger partial charge is 0.275 e. The van der Waals surface area contributed by atoms with E-state index >= 15 is 0 Å². The minimum absolute atomic E-state index is 0.610. The fraction of sp³-hybridized carbons (Fsp3) is 1.00. The van der Waals surface area contributed by atoms with Crippen LogP contribution in [0.2, 0.25) is 0 Å². The highest BCUT2D eigenvalue weighted by atomic mass is 15.5. The minimum atomic E-state index is 0.610. The summed E-state index contributed by atoms with van der Waals surface area (Å²) < 4.78 is 0. The lowest BCUT2D eigenvalue weighted by Gasteiger charge is -2.55. The van der Waals surface area contributed by atoms with Crippen molar-refractivity contribution in [1.82, 2.24) is 14.7 Å². The van der Waals surface area contributed by atoms with Gasteiger partial charge in [0.25, 0.3) is 0 Å². The molecule has 1 aliphatic rings. The predicted molar refractivity (Wildman–Crippen MR) is 79.4 cm³/mol. The van der Waals surface area contributed by atoms with Gasteiger partial charge in [-0.15, -0.1) is 0 Å². The fourth-order valence-electron chi connectivity index (χ4n) is 3.45. The molecule has 3 nitrogen and oxygen atoms in total. The smallest absolute Gasteiger partial charge is 0.0643 e. The Morgan fingerprint density at radius 2 is 0.778 bits per heavy atom. The molecule has 1 aliphatic heterocycles. The van der Waals surface area contributed by atoms with Gasteiger partial charge >= 0.3 is 0 Å². The zero-order valence-electron chi connectivity index (χ0n) is 13.3. The van der Waals surface area contributed by atoms with Gasteiger partial charge in [-0.25, -0.2) is 0 Å². The second-order valence-electron chi connectivity index (χ2n) is 5.80. The summed E-state index contributed by atoms with van der Waals surface area (Å²) in [6.45, 7) is 6.89. The standard InChI is InChI=1S/C15H33N3/c1-7-10-13-16(4)14(11-8-2)18(6)15(12-9-3)17(13)5/h13-15H,7-12H2,1-6H3. The second-order valence-corrected chi connectivity index (χ2v) is 5.80. The zero-order chi connectivity index (χ0) is 13.7. The van der Waals surface area contributed by atoms with E-state index in [2.05, 4.69) is 56.6 Å². The van der Waals surface area contributed by atoms with Gasteiger partial charge in [-0.2, -0.15) is 0 Å². The van der Waals surface area contributed by atoms with Crippen LogP contribution in [-0.4, -0.2) is 54.3 Å². The maximum Gasteiger partial charge on any atom is 0.0643 e. The quantitative estimate of drug-likeness (QED) is 0.722. The van der Waals surface area contributed by atoms with Gasteiger partial charge in [0.1, 0.15) is 0 Å². The molecule has 0 atom stereocenters. The monoisotopic (exact) mass is 255 g/mol. The molecule has 0 aromatic heterocycles. The molecule has 0 bridgehead atoms. The Labute approximate surface area is 114 Å². The molecule has 3 heteroatoms. The summed E-state index contributed by atoms with van der Waals surface area (Å²) in [6.07, 6.45) is 9.46. The van der Waals surface area contributed by atoms with E-state index in [1.807, 2.05) is 0 Å². The molecule has 0 aromatic rings. The molecule has 1 saturated heterocycles. The van der Waals surface area contributed by atoms with E-state index in [0.29, 0.717) is 18.5 Å². The molecule has 108 valence electrons. The summed E-state index contributed by atoms with van der Waals surface area (Å²) in [5.41, 5.74) is 0. The van der Waals surface area contributed by atoms with E-state index in [-0.39, 0.29) is 0 Å². The number of nitrogens with zero attached hydrogens (tertiary/aromatic N) is 3. The average molecular weight is 255 g/mol. The first-order valence-electron chi connectivity index (χ1n) is 7.74. The van der Waals surface area contributed by atoms with Gasteiger partial charge in [0, 0.05) is 0 Å². The molecule has 1 fully saturated rings. The highest BCUT2D eigenvalue weighted by Crippen LogP contribution is 2.29. The molecule has 0 aliphatic carbocycles. The van der Waals surface area contributed by atoms with Crippen LogP contribution in [0, 0.1) is 0 Å². The van der Waals surface area contributed by atoms with Crippen LogP contribution in [-0.2, 0) is 0 Å². The van der Waals surface area contributed by atoms with E-state index in [0.717, 1.165) is 0 Å². The Hall–Kier alpha value is -0.120. The first-order chi connectivity index (χ1) is 8.58. The summed E-state index contributed by atoms with van der Waals surface area (Å²) in [5, 5.41) is 0. The van der Waals surface area contributed by atoms with Crippen molar-refractivity contribution in [2.75, 3.05) is 21.1 Å². The van der Waals surface area contributed by atoms with Gasteiger partial charge in [0.15, 0.2) is 0 Å². The molecule has 0 radical (unpaired) electrons. The van der Waals surface area contributed by atoms with Crippen LogP contribution < -0.4 is 0 Å². The molecular formula is C15H33N3. The summed E-state index contributed by atoms with van der Waals surface area (Å²) in [5.74, 6) is 0. The Kier molecular flexibility index (Phi) is 6.61. The van der Waals surface area contributed by atoms with Crippen LogP contribution in [0.1, 0.15) is 59.3 Å². The van der Waals surface area contributed by atoms with Crippen molar-refractivity contribution < 1.29 is 0 Å². The van der Waals surface area contributed by atoms with Crippen molar-refractivity contribution in [2.24, 2.45) is 0 Å². The van der Waals surface area contributed by atoms with Crippen LogP contribution in [0.4, 0.5) is 0 Å². The Morgan fingerprint density at radius 1 is 0.556 bits per heavy atom. The van der Waals surface area contributed by atoms with Crippen LogP contribution >= 0.6 is 0 Å². The predicted octanol–water partition coefficient (Wildman–Crippen LogP) is 3.17. The maximum absolute atomic E-state index is 2.58. The minimum Gasteiger partial charge on any atom is -0.275 e. The molecule has 18 heavy (non-hydrogen) atoms. The van der Waals surface area contributed by atoms with Gasteiger partial charge in [-0.3, -0.25) is 14.7 Å². The molecule has 0 N–H and O–H groups in total. The molecule has 0 unspecified atom stereocenters. The number of rotatable bonds is 6. The number of hydrogen-bond acceptors (Lipinski definition) is 3. The van der Waals surface area contributed by atoms with Crippen LogP contribution in [0.5, 0.6) is 0 Å². The molecule has 1 rings (SSSR count). The van der Waals surface area contributed by atoms with E-state index < -0.39 is 0 Å². The van der Waals surface area contributed by atoms with Crippen LogP contribution in [0.3, 0.4) is 0 Å². The van der Waals surface area contributed by atoms with E-state index in [1.165, 1.54) is 38.5 Å². The van der Waals surface area contributed by atoms with Gasteiger partial charge in [-0.05, 0) is 40.4 Å². The normalized spacial score (nSPS) is 32.0. The fourth-order valence-corrected chi connectivity index (χ4v) is 3.45. The molecular weight excluding hydrogens is 222 g/mol. The van der Waals surface area contributed by atoms with Crippen LogP contribution in [0.15, 0.2) is 0 Å². The van der Waals surface area contributed by atoms with Crippen molar-refractivity contribution in [3.05, 3.63) is 0 Å². The SMILES string of the molecule is CCCC1N(C)C(CCC)N(C)C(CCC)N1C. The van der Waals surface area contributed by atoms with Crippen molar-refractivity contribution in [3.63, 3.8) is 0 Å². The molecule has 1 heterocycles. The van der Waals surface area contributed by atoms with Crippen molar-refractivity contribution in [1.29, 1.82) is 0 Å².